The van der Waals surface area contributed by atoms with E-state index in [9.17, 15) is 9.59 Å². The van der Waals surface area contributed by atoms with Crippen molar-refractivity contribution in [1.29, 1.82) is 0 Å². The van der Waals surface area contributed by atoms with E-state index in [0.29, 0.717) is 11.7 Å². The Labute approximate surface area is 117 Å². The molecule has 0 aliphatic heterocycles. The van der Waals surface area contributed by atoms with Crippen molar-refractivity contribution < 1.29 is 19.1 Å². The molecule has 1 aromatic rings. The topological polar surface area (TPSA) is 91.6 Å². The van der Waals surface area contributed by atoms with Gasteiger partial charge < -0.3 is 20.2 Å². The maximum absolute atomic E-state index is 11.8. The summed E-state index contributed by atoms with van der Waals surface area (Å²) in [6.07, 6.45) is 4.40. The third kappa shape index (κ3) is 4.01. The lowest BCUT2D eigenvalue weighted by atomic mass is 9.87. The van der Waals surface area contributed by atoms with E-state index < -0.39 is 5.97 Å². The quantitative estimate of drug-likeness (QED) is 0.789. The van der Waals surface area contributed by atoms with Crippen molar-refractivity contribution in [3.63, 3.8) is 0 Å². The second-order valence-electron chi connectivity index (χ2n) is 5.37. The number of carboxylic acid groups (broad SMARTS) is 1. The molecule has 110 valence electrons. The number of carboxylic acids is 1. The molecule has 1 saturated carbocycles. The van der Waals surface area contributed by atoms with E-state index in [1.165, 1.54) is 12.5 Å². The minimum Gasteiger partial charge on any atom is -0.475 e. The second-order valence-corrected chi connectivity index (χ2v) is 5.37. The molecule has 1 fully saturated rings. The molecule has 1 aliphatic rings. The van der Waals surface area contributed by atoms with Crippen molar-refractivity contribution in [1.82, 2.24) is 10.6 Å². The second kappa shape index (κ2) is 6.45. The van der Waals surface area contributed by atoms with Crippen molar-refractivity contribution in [3.05, 3.63) is 23.7 Å². The summed E-state index contributed by atoms with van der Waals surface area (Å²) in [6, 6.07) is 2.91. The number of aromatic carboxylic acids is 1. The van der Waals surface area contributed by atoms with Gasteiger partial charge in [-0.3, -0.25) is 0 Å². The summed E-state index contributed by atoms with van der Waals surface area (Å²) in [7, 11) is 0. The van der Waals surface area contributed by atoms with E-state index in [1.54, 1.807) is 6.07 Å². The van der Waals surface area contributed by atoms with Gasteiger partial charge >= 0.3 is 12.0 Å². The molecule has 6 nitrogen and oxygen atoms in total. The maximum atomic E-state index is 11.8. The zero-order valence-electron chi connectivity index (χ0n) is 11.5. The summed E-state index contributed by atoms with van der Waals surface area (Å²) >= 11 is 0. The predicted octanol–water partition coefficient (Wildman–Crippen LogP) is 2.36. The van der Waals surface area contributed by atoms with Gasteiger partial charge in [0.2, 0.25) is 5.76 Å². The van der Waals surface area contributed by atoms with E-state index in [1.807, 2.05) is 0 Å². The molecular formula is C14H20N2O4. The van der Waals surface area contributed by atoms with E-state index in [-0.39, 0.29) is 24.4 Å². The van der Waals surface area contributed by atoms with Crippen LogP contribution in [0.25, 0.3) is 0 Å². The molecule has 2 amide bonds. The molecule has 2 rings (SSSR count). The normalized spacial score (nSPS) is 22.2. The summed E-state index contributed by atoms with van der Waals surface area (Å²) in [5.41, 5.74) is 0. The highest BCUT2D eigenvalue weighted by atomic mass is 16.4. The Hall–Kier alpha value is -1.98. The number of rotatable bonds is 4. The highest BCUT2D eigenvalue weighted by Gasteiger charge is 2.20. The summed E-state index contributed by atoms with van der Waals surface area (Å²) in [4.78, 5) is 22.4. The molecule has 20 heavy (non-hydrogen) atoms. The van der Waals surface area contributed by atoms with Crippen LogP contribution in [0.1, 0.15) is 48.9 Å². The van der Waals surface area contributed by atoms with E-state index in [2.05, 4.69) is 17.6 Å². The van der Waals surface area contributed by atoms with Crippen molar-refractivity contribution in [2.45, 2.75) is 45.2 Å². The Balaban J connectivity index is 1.75. The third-order valence-corrected chi connectivity index (χ3v) is 3.57. The van der Waals surface area contributed by atoms with Crippen LogP contribution < -0.4 is 10.6 Å². The highest BCUT2D eigenvalue weighted by molar-refractivity contribution is 5.84. The Morgan fingerprint density at radius 3 is 2.85 bits per heavy atom. The maximum Gasteiger partial charge on any atom is 0.371 e. The van der Waals surface area contributed by atoms with E-state index in [0.717, 1.165) is 19.3 Å². The van der Waals surface area contributed by atoms with Gasteiger partial charge in [0.05, 0.1) is 6.54 Å². The molecule has 0 radical (unpaired) electrons. The van der Waals surface area contributed by atoms with E-state index in [4.69, 9.17) is 9.52 Å². The number of carbonyl (C=O) groups is 2. The molecule has 1 aromatic heterocycles. The Bertz CT molecular complexity index is 483. The zero-order chi connectivity index (χ0) is 14.5. The number of amides is 2. The molecule has 1 heterocycles. The minimum atomic E-state index is -1.11. The number of furan rings is 1. The fourth-order valence-electron chi connectivity index (χ4n) is 2.56. The summed E-state index contributed by atoms with van der Waals surface area (Å²) in [5, 5.41) is 14.3. The van der Waals surface area contributed by atoms with Gasteiger partial charge in [0, 0.05) is 6.04 Å². The van der Waals surface area contributed by atoms with Gasteiger partial charge in [-0.15, -0.1) is 0 Å². The van der Waals surface area contributed by atoms with Crippen LogP contribution in [0.3, 0.4) is 0 Å². The monoisotopic (exact) mass is 280 g/mol. The Kier molecular flexibility index (Phi) is 4.65. The summed E-state index contributed by atoms with van der Waals surface area (Å²) in [6.45, 7) is 2.38. The van der Waals surface area contributed by atoms with E-state index >= 15 is 0 Å². The molecule has 0 saturated heterocycles. The standard InChI is InChI=1S/C14H20N2O4/c1-9-3-2-4-10(7-9)16-14(19)15-8-11-5-6-12(20-11)13(17)18/h5-6,9-10H,2-4,7-8H2,1H3,(H,17,18)(H2,15,16,19). The first-order valence-electron chi connectivity index (χ1n) is 6.91. The van der Waals surface area contributed by atoms with Crippen LogP contribution in [-0.4, -0.2) is 23.1 Å². The molecule has 0 bridgehead atoms. The summed E-state index contributed by atoms with van der Waals surface area (Å²) in [5.74, 6) is -0.160. The molecule has 3 N–H and O–H groups in total. The third-order valence-electron chi connectivity index (χ3n) is 3.57. The summed E-state index contributed by atoms with van der Waals surface area (Å²) < 4.78 is 5.06. The van der Waals surface area contributed by atoms with Crippen molar-refractivity contribution in [3.8, 4) is 0 Å². The Morgan fingerprint density at radius 2 is 2.20 bits per heavy atom. The average Bonchev–Trinajstić information content (AvgIpc) is 2.85. The van der Waals surface area contributed by atoms with Crippen molar-refractivity contribution in [2.75, 3.05) is 0 Å². The lowest BCUT2D eigenvalue weighted by Gasteiger charge is -2.27. The Morgan fingerprint density at radius 1 is 1.40 bits per heavy atom. The van der Waals surface area contributed by atoms with Crippen LogP contribution in [-0.2, 0) is 6.54 Å². The first kappa shape index (κ1) is 14.4. The van der Waals surface area contributed by atoms with Gasteiger partial charge in [0.15, 0.2) is 0 Å². The first-order valence-corrected chi connectivity index (χ1v) is 6.91. The lowest BCUT2D eigenvalue weighted by Crippen LogP contribution is -2.43. The SMILES string of the molecule is CC1CCCC(NC(=O)NCc2ccc(C(=O)O)o2)C1. The average molecular weight is 280 g/mol. The van der Waals surface area contributed by atoms with Gasteiger partial charge in [0.25, 0.3) is 0 Å². The van der Waals surface area contributed by atoms with Gasteiger partial charge in [0.1, 0.15) is 5.76 Å². The van der Waals surface area contributed by atoms with Crippen LogP contribution in [0.15, 0.2) is 16.5 Å². The molecule has 6 heteroatoms. The first-order chi connectivity index (χ1) is 9.54. The molecule has 0 aromatic carbocycles. The highest BCUT2D eigenvalue weighted by Crippen LogP contribution is 2.23. The minimum absolute atomic E-state index is 0.122. The predicted molar refractivity (Wildman–Crippen MR) is 72.5 cm³/mol. The number of carbonyl (C=O) groups excluding carboxylic acids is 1. The van der Waals surface area contributed by atoms with Crippen molar-refractivity contribution >= 4 is 12.0 Å². The van der Waals surface area contributed by atoms with Crippen LogP contribution in [0.4, 0.5) is 4.79 Å². The lowest BCUT2D eigenvalue weighted by molar-refractivity contribution is 0.0660. The molecular weight excluding hydrogens is 260 g/mol. The van der Waals surface area contributed by atoms with Crippen LogP contribution in [0.5, 0.6) is 0 Å². The molecule has 0 spiro atoms. The van der Waals surface area contributed by atoms with Gasteiger partial charge in [-0.25, -0.2) is 9.59 Å². The van der Waals surface area contributed by atoms with Crippen LogP contribution >= 0.6 is 0 Å². The van der Waals surface area contributed by atoms with Gasteiger partial charge in [-0.05, 0) is 30.9 Å². The smallest absolute Gasteiger partial charge is 0.371 e. The fourth-order valence-corrected chi connectivity index (χ4v) is 2.56. The zero-order valence-corrected chi connectivity index (χ0v) is 11.5. The largest absolute Gasteiger partial charge is 0.475 e. The molecule has 1 aliphatic carbocycles. The molecule has 2 unspecified atom stereocenters. The number of hydrogen-bond donors (Lipinski definition) is 3. The fraction of sp³-hybridized carbons (Fsp3) is 0.571. The number of urea groups is 1. The van der Waals surface area contributed by atoms with Crippen LogP contribution in [0.2, 0.25) is 0 Å². The number of hydrogen-bond acceptors (Lipinski definition) is 3. The van der Waals surface area contributed by atoms with Crippen LogP contribution in [0, 0.1) is 5.92 Å². The van der Waals surface area contributed by atoms with Crippen molar-refractivity contribution in [2.24, 2.45) is 5.92 Å². The molecule has 2 atom stereocenters. The number of nitrogens with one attached hydrogen (secondary N) is 2. The van der Waals surface area contributed by atoms with Gasteiger partial charge in [-0.2, -0.15) is 0 Å². The van der Waals surface area contributed by atoms with Gasteiger partial charge in [-0.1, -0.05) is 19.8 Å².